The van der Waals surface area contributed by atoms with Crippen molar-refractivity contribution in [3.05, 3.63) is 78.4 Å². The van der Waals surface area contributed by atoms with Gasteiger partial charge >= 0.3 is 0 Å². The number of amides is 1. The van der Waals surface area contributed by atoms with E-state index in [1.807, 2.05) is 28.5 Å². The highest BCUT2D eigenvalue weighted by molar-refractivity contribution is 8.00. The summed E-state index contributed by atoms with van der Waals surface area (Å²) in [5.74, 6) is -0.178. The molecule has 7 heteroatoms. The fourth-order valence-corrected chi connectivity index (χ4v) is 4.60. The van der Waals surface area contributed by atoms with Gasteiger partial charge in [0.25, 0.3) is 0 Å². The number of benzene rings is 2. The molecule has 2 aromatic carbocycles. The summed E-state index contributed by atoms with van der Waals surface area (Å²) in [6, 6.07) is 16.8. The van der Waals surface area contributed by atoms with Crippen molar-refractivity contribution in [3.8, 4) is 5.69 Å². The van der Waals surface area contributed by atoms with Gasteiger partial charge < -0.3 is 4.90 Å². The van der Waals surface area contributed by atoms with Crippen molar-refractivity contribution < 1.29 is 9.18 Å². The molecule has 1 atom stereocenters. The maximum atomic E-state index is 13.6. The number of halogens is 1. The lowest BCUT2D eigenvalue weighted by atomic mass is 10.2. The van der Waals surface area contributed by atoms with E-state index in [0.29, 0.717) is 10.8 Å². The van der Waals surface area contributed by atoms with Crippen molar-refractivity contribution >= 4 is 17.7 Å². The lowest BCUT2D eigenvalue weighted by Crippen LogP contribution is -2.50. The average molecular weight is 425 g/mol. The number of imidazole rings is 1. The second-order valence-corrected chi connectivity index (χ2v) is 8.71. The van der Waals surface area contributed by atoms with E-state index in [1.54, 1.807) is 18.5 Å². The predicted octanol–water partition coefficient (Wildman–Crippen LogP) is 3.84. The maximum Gasteiger partial charge on any atom is 0.235 e. The zero-order chi connectivity index (χ0) is 20.9. The van der Waals surface area contributed by atoms with Crippen LogP contribution in [0.1, 0.15) is 12.5 Å². The van der Waals surface area contributed by atoms with Crippen molar-refractivity contribution in [1.29, 1.82) is 0 Å². The molecule has 0 saturated carbocycles. The van der Waals surface area contributed by atoms with Gasteiger partial charge in [-0.3, -0.25) is 14.3 Å². The van der Waals surface area contributed by atoms with Crippen LogP contribution in [0.5, 0.6) is 0 Å². The van der Waals surface area contributed by atoms with Crippen molar-refractivity contribution in [2.75, 3.05) is 26.2 Å². The van der Waals surface area contributed by atoms with Crippen LogP contribution in [0.25, 0.3) is 5.69 Å². The molecule has 0 N–H and O–H groups in total. The van der Waals surface area contributed by atoms with E-state index in [1.165, 1.54) is 29.5 Å². The smallest absolute Gasteiger partial charge is 0.235 e. The van der Waals surface area contributed by atoms with E-state index in [0.717, 1.165) is 32.7 Å². The molecule has 0 radical (unpaired) electrons. The molecule has 156 valence electrons. The number of carbonyl (C=O) groups excluding carboxylic acids is 1. The largest absolute Gasteiger partial charge is 0.339 e. The van der Waals surface area contributed by atoms with Gasteiger partial charge in [-0.2, -0.15) is 0 Å². The Kier molecular flexibility index (Phi) is 6.50. The number of carbonyl (C=O) groups is 1. The Hall–Kier alpha value is -2.64. The molecule has 5 nitrogen and oxygen atoms in total. The Morgan fingerprint density at radius 1 is 1.10 bits per heavy atom. The van der Waals surface area contributed by atoms with Gasteiger partial charge in [-0.15, -0.1) is 0 Å². The zero-order valence-electron chi connectivity index (χ0n) is 16.9. The summed E-state index contributed by atoms with van der Waals surface area (Å²) in [7, 11) is 0. The topological polar surface area (TPSA) is 41.4 Å². The minimum Gasteiger partial charge on any atom is -0.339 e. The molecule has 0 aliphatic carbocycles. The van der Waals surface area contributed by atoms with Crippen LogP contribution in [0.2, 0.25) is 0 Å². The average Bonchev–Trinajstić information content (AvgIpc) is 3.22. The van der Waals surface area contributed by atoms with E-state index in [2.05, 4.69) is 34.1 Å². The molecule has 0 bridgehead atoms. The van der Waals surface area contributed by atoms with Crippen molar-refractivity contribution in [2.45, 2.75) is 23.9 Å². The maximum absolute atomic E-state index is 13.6. The molecule has 1 fully saturated rings. The zero-order valence-corrected chi connectivity index (χ0v) is 17.8. The van der Waals surface area contributed by atoms with Gasteiger partial charge in [0, 0.05) is 45.1 Å². The van der Waals surface area contributed by atoms with E-state index in [-0.39, 0.29) is 17.0 Å². The molecule has 1 aromatic heterocycles. The molecule has 1 saturated heterocycles. The summed E-state index contributed by atoms with van der Waals surface area (Å²) in [5, 5.41) is 0.421. The quantitative estimate of drug-likeness (QED) is 0.564. The van der Waals surface area contributed by atoms with E-state index < -0.39 is 0 Å². The third kappa shape index (κ3) is 4.91. The highest BCUT2D eigenvalue weighted by Crippen LogP contribution is 2.26. The van der Waals surface area contributed by atoms with Crippen molar-refractivity contribution in [3.63, 3.8) is 0 Å². The van der Waals surface area contributed by atoms with Crippen molar-refractivity contribution in [2.24, 2.45) is 0 Å². The predicted molar refractivity (Wildman–Crippen MR) is 117 cm³/mol. The van der Waals surface area contributed by atoms with Crippen LogP contribution >= 0.6 is 11.8 Å². The van der Waals surface area contributed by atoms with Crippen molar-refractivity contribution in [1.82, 2.24) is 19.4 Å². The summed E-state index contributed by atoms with van der Waals surface area (Å²) in [4.78, 5) is 21.7. The van der Waals surface area contributed by atoms with E-state index in [9.17, 15) is 9.18 Å². The molecule has 4 rings (SSSR count). The first-order valence-electron chi connectivity index (χ1n) is 10.1. The number of hydrogen-bond donors (Lipinski definition) is 0. The SMILES string of the molecule is CC(Sc1nccn1-c1cccc(F)c1)C(=O)N1CCN(Cc2ccccc2)CC1. The van der Waals surface area contributed by atoms with Crippen LogP contribution in [0, 0.1) is 5.82 Å². The normalized spacial score (nSPS) is 15.9. The standard InChI is InChI=1S/C23H25FN4OS/c1-18(30-23-25-10-11-28(23)21-9-5-8-20(24)16-21)22(29)27-14-12-26(13-15-27)17-19-6-3-2-4-7-19/h2-11,16,18H,12-15,17H2,1H3. The number of rotatable bonds is 6. The first-order chi connectivity index (χ1) is 14.6. The van der Waals surface area contributed by atoms with Crippen LogP contribution in [0.4, 0.5) is 4.39 Å². The highest BCUT2D eigenvalue weighted by Gasteiger charge is 2.26. The summed E-state index contributed by atoms with van der Waals surface area (Å²) < 4.78 is 15.4. The van der Waals surface area contributed by atoms with Gasteiger partial charge in [-0.05, 0) is 30.7 Å². The Labute approximate surface area is 180 Å². The summed E-state index contributed by atoms with van der Waals surface area (Å²) in [6.45, 7) is 6.03. The minimum absolute atomic E-state index is 0.119. The first kappa shape index (κ1) is 20.6. The molecule has 1 amide bonds. The van der Waals surface area contributed by atoms with Gasteiger partial charge in [0.2, 0.25) is 5.91 Å². The monoisotopic (exact) mass is 424 g/mol. The lowest BCUT2D eigenvalue weighted by Gasteiger charge is -2.35. The molecule has 0 spiro atoms. The fraction of sp³-hybridized carbons (Fsp3) is 0.304. The summed E-state index contributed by atoms with van der Waals surface area (Å²) in [6.07, 6.45) is 3.46. The Bertz CT molecular complexity index is 986. The molecule has 3 aromatic rings. The van der Waals surface area contributed by atoms with Crippen LogP contribution < -0.4 is 0 Å². The van der Waals surface area contributed by atoms with E-state index in [4.69, 9.17) is 0 Å². The first-order valence-corrected chi connectivity index (χ1v) is 11.0. The molecular weight excluding hydrogens is 399 g/mol. The van der Waals surface area contributed by atoms with Crippen LogP contribution in [0.15, 0.2) is 72.1 Å². The second-order valence-electron chi connectivity index (χ2n) is 7.41. The third-order valence-corrected chi connectivity index (χ3v) is 6.32. The second kappa shape index (κ2) is 9.45. The molecule has 2 heterocycles. The van der Waals surface area contributed by atoms with Gasteiger partial charge in [-0.25, -0.2) is 9.37 Å². The van der Waals surface area contributed by atoms with Crippen LogP contribution in [-0.4, -0.2) is 56.7 Å². The van der Waals surface area contributed by atoms with Crippen LogP contribution in [-0.2, 0) is 11.3 Å². The van der Waals surface area contributed by atoms with Gasteiger partial charge in [0.05, 0.1) is 10.9 Å². The van der Waals surface area contributed by atoms with Gasteiger partial charge in [0.1, 0.15) is 5.82 Å². The molecule has 1 aliphatic heterocycles. The number of hydrogen-bond acceptors (Lipinski definition) is 4. The Morgan fingerprint density at radius 3 is 2.60 bits per heavy atom. The highest BCUT2D eigenvalue weighted by atomic mass is 32.2. The molecular formula is C23H25FN4OS. The molecule has 1 aliphatic rings. The molecule has 1 unspecified atom stereocenters. The number of piperazine rings is 1. The summed E-state index contributed by atoms with van der Waals surface area (Å²) >= 11 is 1.41. The lowest BCUT2D eigenvalue weighted by molar-refractivity contribution is -0.132. The minimum atomic E-state index is -0.297. The Balaban J connectivity index is 1.34. The summed E-state index contributed by atoms with van der Waals surface area (Å²) in [5.41, 5.74) is 1.99. The number of thioether (sulfide) groups is 1. The fourth-order valence-electron chi connectivity index (χ4n) is 3.63. The Morgan fingerprint density at radius 2 is 1.87 bits per heavy atom. The molecule has 30 heavy (non-hydrogen) atoms. The third-order valence-electron chi connectivity index (χ3n) is 5.26. The van der Waals surface area contributed by atoms with Gasteiger partial charge in [-0.1, -0.05) is 48.2 Å². The number of aromatic nitrogens is 2. The van der Waals surface area contributed by atoms with Gasteiger partial charge in [0.15, 0.2) is 5.16 Å². The number of nitrogens with zero attached hydrogens (tertiary/aromatic N) is 4. The van der Waals surface area contributed by atoms with E-state index >= 15 is 0 Å². The van der Waals surface area contributed by atoms with Crippen LogP contribution in [0.3, 0.4) is 0 Å².